The number of amides is 1. The lowest BCUT2D eigenvalue weighted by atomic mass is 9.95. The third-order valence-electron chi connectivity index (χ3n) is 5.53. The van der Waals surface area contributed by atoms with E-state index < -0.39 is 11.7 Å². The fraction of sp³-hybridized carbons (Fsp3) is 0.435. The molecule has 0 radical (unpaired) electrons. The molecule has 28 heavy (non-hydrogen) atoms. The number of nitrogens with zero attached hydrogens (tertiary/aromatic N) is 3. The van der Waals surface area contributed by atoms with Crippen LogP contribution in [0.15, 0.2) is 48.8 Å². The molecule has 1 fully saturated rings. The van der Waals surface area contributed by atoms with Crippen LogP contribution in [-0.2, 0) is 22.7 Å². The summed E-state index contributed by atoms with van der Waals surface area (Å²) in [5.41, 5.74) is 3.67. The van der Waals surface area contributed by atoms with E-state index in [9.17, 15) is 9.59 Å². The molecule has 0 N–H and O–H groups in total. The molecule has 2 aromatic rings. The van der Waals surface area contributed by atoms with Gasteiger partial charge >= 0.3 is 0 Å². The Morgan fingerprint density at radius 1 is 1.14 bits per heavy atom. The van der Waals surface area contributed by atoms with Crippen LogP contribution in [0.1, 0.15) is 36.5 Å². The highest BCUT2D eigenvalue weighted by molar-refractivity contribution is 6.35. The summed E-state index contributed by atoms with van der Waals surface area (Å²) in [5, 5.41) is 0. The van der Waals surface area contributed by atoms with Crippen LogP contribution in [0.4, 0.5) is 0 Å². The van der Waals surface area contributed by atoms with Crippen molar-refractivity contribution in [1.82, 2.24) is 14.8 Å². The van der Waals surface area contributed by atoms with Gasteiger partial charge in [0.05, 0.1) is 0 Å². The molecule has 1 amide bonds. The maximum Gasteiger partial charge on any atom is 0.289 e. The molecule has 0 saturated carbocycles. The molecule has 1 aliphatic rings. The molecule has 3 rings (SSSR count). The molecule has 5 nitrogen and oxygen atoms in total. The fourth-order valence-electron chi connectivity index (χ4n) is 3.82. The average molecular weight is 380 g/mol. The number of hydrogen-bond donors (Lipinski definition) is 0. The maximum absolute atomic E-state index is 12.4. The zero-order valence-electron chi connectivity index (χ0n) is 16.8. The van der Waals surface area contributed by atoms with Crippen molar-refractivity contribution in [2.24, 2.45) is 5.92 Å². The summed E-state index contributed by atoms with van der Waals surface area (Å²) >= 11 is 0. The molecule has 0 spiro atoms. The average Bonchev–Trinajstić information content (AvgIpc) is 2.71. The highest BCUT2D eigenvalue weighted by Gasteiger charge is 2.25. The topological polar surface area (TPSA) is 53.5 Å². The number of rotatable bonds is 7. The van der Waals surface area contributed by atoms with Crippen LogP contribution in [0.5, 0.6) is 0 Å². The normalized spacial score (nSPS) is 15.4. The Bertz CT molecular complexity index is 799. The second kappa shape index (κ2) is 9.60. The summed E-state index contributed by atoms with van der Waals surface area (Å²) in [5.74, 6) is -0.375. The van der Waals surface area contributed by atoms with Gasteiger partial charge in [0.2, 0.25) is 5.78 Å². The Balaban J connectivity index is 1.56. The zero-order valence-corrected chi connectivity index (χ0v) is 16.8. The van der Waals surface area contributed by atoms with E-state index in [-0.39, 0.29) is 0 Å². The van der Waals surface area contributed by atoms with E-state index in [4.69, 9.17) is 0 Å². The Kier molecular flexibility index (Phi) is 6.93. The van der Waals surface area contributed by atoms with Gasteiger partial charge in [-0.1, -0.05) is 30.3 Å². The molecule has 1 aromatic carbocycles. The summed E-state index contributed by atoms with van der Waals surface area (Å²) < 4.78 is 0. The molecular formula is C23H29N3O2. The lowest BCUT2D eigenvalue weighted by Gasteiger charge is -2.35. The number of likely N-dealkylation sites (tertiary alicyclic amines) is 1. The molecule has 0 unspecified atom stereocenters. The summed E-state index contributed by atoms with van der Waals surface area (Å²) in [4.78, 5) is 32.4. The second-order valence-electron chi connectivity index (χ2n) is 7.75. The van der Waals surface area contributed by atoms with E-state index in [1.54, 1.807) is 17.3 Å². The Hall–Kier alpha value is -2.53. The van der Waals surface area contributed by atoms with Crippen LogP contribution >= 0.6 is 0 Å². The molecule has 1 saturated heterocycles. The maximum atomic E-state index is 12.4. The molecule has 148 valence electrons. The van der Waals surface area contributed by atoms with Crippen molar-refractivity contribution < 1.29 is 9.59 Å². The van der Waals surface area contributed by atoms with Gasteiger partial charge in [-0.15, -0.1) is 0 Å². The van der Waals surface area contributed by atoms with Crippen molar-refractivity contribution >= 4 is 11.7 Å². The van der Waals surface area contributed by atoms with E-state index >= 15 is 0 Å². The van der Waals surface area contributed by atoms with Gasteiger partial charge in [-0.3, -0.25) is 19.5 Å². The summed E-state index contributed by atoms with van der Waals surface area (Å²) in [6.45, 7) is 7.60. The molecule has 2 heterocycles. The van der Waals surface area contributed by atoms with Crippen LogP contribution in [0.2, 0.25) is 0 Å². The Morgan fingerprint density at radius 2 is 1.89 bits per heavy atom. The third kappa shape index (κ3) is 5.49. The lowest BCUT2D eigenvalue weighted by molar-refractivity contribution is -0.144. The number of pyridine rings is 1. The first-order valence-corrected chi connectivity index (χ1v) is 9.98. The van der Waals surface area contributed by atoms with Crippen LogP contribution in [0.3, 0.4) is 0 Å². The van der Waals surface area contributed by atoms with Crippen molar-refractivity contribution in [1.29, 1.82) is 0 Å². The minimum atomic E-state index is -0.402. The van der Waals surface area contributed by atoms with Crippen LogP contribution < -0.4 is 0 Å². The largest absolute Gasteiger partial charge is 0.331 e. The van der Waals surface area contributed by atoms with Gasteiger partial charge < -0.3 is 4.90 Å². The highest BCUT2D eigenvalue weighted by Crippen LogP contribution is 2.22. The Labute approximate surface area is 167 Å². The summed E-state index contributed by atoms with van der Waals surface area (Å²) in [7, 11) is 0. The number of ketones is 1. The summed E-state index contributed by atoms with van der Waals surface area (Å²) in [6, 6.07) is 12.3. The van der Waals surface area contributed by atoms with E-state index in [0.29, 0.717) is 19.0 Å². The van der Waals surface area contributed by atoms with Gasteiger partial charge in [-0.2, -0.15) is 0 Å². The molecule has 1 aliphatic heterocycles. The first kappa shape index (κ1) is 20.2. The molecule has 0 aliphatic carbocycles. The van der Waals surface area contributed by atoms with E-state index in [1.165, 1.54) is 18.1 Å². The first-order valence-electron chi connectivity index (χ1n) is 9.98. The number of hydrogen-bond acceptors (Lipinski definition) is 4. The monoisotopic (exact) mass is 379 g/mol. The predicted octanol–water partition coefficient (Wildman–Crippen LogP) is 3.22. The van der Waals surface area contributed by atoms with Gasteiger partial charge in [-0.25, -0.2) is 0 Å². The minimum Gasteiger partial charge on any atom is -0.331 e. The number of carbonyl (C=O) groups excluding carboxylic acids is 2. The fourth-order valence-corrected chi connectivity index (χ4v) is 3.82. The molecule has 1 aromatic heterocycles. The molecule has 0 bridgehead atoms. The summed E-state index contributed by atoms with van der Waals surface area (Å²) in [6.07, 6.45) is 5.55. The quantitative estimate of drug-likeness (QED) is 0.693. The SMILES string of the molecule is CC(=O)C(=O)N(Cc1cccnc1)CC1CCN(Cc2ccccc2C)CC1. The van der Waals surface area contributed by atoms with E-state index in [0.717, 1.165) is 38.0 Å². The number of aromatic nitrogens is 1. The highest BCUT2D eigenvalue weighted by atomic mass is 16.2. The van der Waals surface area contributed by atoms with E-state index in [2.05, 4.69) is 41.1 Å². The van der Waals surface area contributed by atoms with Gasteiger partial charge in [0, 0.05) is 39.0 Å². The number of aryl methyl sites for hydroxylation is 1. The molecule has 5 heteroatoms. The van der Waals surface area contributed by atoms with Crippen molar-refractivity contribution in [3.8, 4) is 0 Å². The first-order chi connectivity index (χ1) is 13.5. The smallest absolute Gasteiger partial charge is 0.289 e. The van der Waals surface area contributed by atoms with Crippen LogP contribution in [0.25, 0.3) is 0 Å². The Morgan fingerprint density at radius 3 is 2.54 bits per heavy atom. The van der Waals surface area contributed by atoms with Crippen molar-refractivity contribution in [3.63, 3.8) is 0 Å². The number of piperidine rings is 1. The van der Waals surface area contributed by atoms with Gasteiger partial charge in [0.1, 0.15) is 0 Å². The van der Waals surface area contributed by atoms with Crippen molar-refractivity contribution in [2.75, 3.05) is 19.6 Å². The predicted molar refractivity (Wildman–Crippen MR) is 110 cm³/mol. The lowest BCUT2D eigenvalue weighted by Crippen LogP contribution is -2.42. The van der Waals surface area contributed by atoms with Crippen molar-refractivity contribution in [3.05, 3.63) is 65.5 Å². The standard InChI is InChI=1S/C23H29N3O2/c1-18-6-3-4-8-22(18)17-25-12-9-20(10-13-25)15-26(23(28)19(2)27)16-21-7-5-11-24-14-21/h3-8,11,14,20H,9-10,12-13,15-17H2,1-2H3. The van der Waals surface area contributed by atoms with Crippen molar-refractivity contribution in [2.45, 2.75) is 39.8 Å². The number of benzene rings is 1. The number of carbonyl (C=O) groups is 2. The molecule has 0 atom stereocenters. The second-order valence-corrected chi connectivity index (χ2v) is 7.75. The van der Waals surface area contributed by atoms with Gasteiger partial charge in [0.15, 0.2) is 0 Å². The third-order valence-corrected chi connectivity index (χ3v) is 5.53. The van der Waals surface area contributed by atoms with Gasteiger partial charge in [-0.05, 0) is 61.5 Å². The van der Waals surface area contributed by atoms with Gasteiger partial charge in [0.25, 0.3) is 5.91 Å². The van der Waals surface area contributed by atoms with Crippen LogP contribution in [-0.4, -0.2) is 46.1 Å². The van der Waals surface area contributed by atoms with E-state index in [1.807, 2.05) is 12.1 Å². The zero-order chi connectivity index (χ0) is 19.9. The minimum absolute atomic E-state index is 0.397. The van der Waals surface area contributed by atoms with Crippen LogP contribution in [0, 0.1) is 12.8 Å². The molecular weight excluding hydrogens is 350 g/mol. The number of Topliss-reactive ketones (excluding diaryl/α,β-unsaturated/α-hetero) is 1.